The molecule has 0 unspecified atom stereocenters. The van der Waals surface area contributed by atoms with Crippen LogP contribution in [0.4, 0.5) is 0 Å². The SMILES string of the molecule is CSc1ccc(C)c(C(=O)N[C@@H](C)c2ccc(C)o2)c1. The zero-order chi connectivity index (χ0) is 14.7. The molecule has 106 valence electrons. The fourth-order valence-electron chi connectivity index (χ4n) is 2.00. The molecule has 2 rings (SSSR count). The van der Waals surface area contributed by atoms with Crippen molar-refractivity contribution in [1.82, 2.24) is 5.32 Å². The number of rotatable bonds is 4. The molecule has 0 spiro atoms. The highest BCUT2D eigenvalue weighted by Crippen LogP contribution is 2.21. The fourth-order valence-corrected chi connectivity index (χ4v) is 2.44. The number of aryl methyl sites for hydroxylation is 2. The Bertz CT molecular complexity index is 619. The van der Waals surface area contributed by atoms with E-state index in [0.29, 0.717) is 5.56 Å². The minimum absolute atomic E-state index is 0.0695. The van der Waals surface area contributed by atoms with Crippen molar-refractivity contribution >= 4 is 17.7 Å². The molecule has 4 heteroatoms. The normalized spacial score (nSPS) is 12.2. The van der Waals surface area contributed by atoms with Crippen molar-refractivity contribution in [2.24, 2.45) is 0 Å². The van der Waals surface area contributed by atoms with Crippen LogP contribution in [0.3, 0.4) is 0 Å². The third kappa shape index (κ3) is 3.25. The Kier molecular flexibility index (Phi) is 4.55. The van der Waals surface area contributed by atoms with Gasteiger partial charge in [0.15, 0.2) is 0 Å². The lowest BCUT2D eigenvalue weighted by molar-refractivity contribution is 0.0934. The smallest absolute Gasteiger partial charge is 0.252 e. The van der Waals surface area contributed by atoms with Crippen LogP contribution in [0.2, 0.25) is 0 Å². The number of carbonyl (C=O) groups excluding carboxylic acids is 1. The maximum Gasteiger partial charge on any atom is 0.252 e. The molecule has 1 aromatic heterocycles. The van der Waals surface area contributed by atoms with E-state index in [0.717, 1.165) is 22.0 Å². The Labute approximate surface area is 123 Å². The number of benzene rings is 1. The Morgan fingerprint density at radius 1 is 1.25 bits per heavy atom. The highest BCUT2D eigenvalue weighted by Gasteiger charge is 2.16. The Morgan fingerprint density at radius 3 is 2.60 bits per heavy atom. The topological polar surface area (TPSA) is 42.2 Å². The van der Waals surface area contributed by atoms with Gasteiger partial charge in [-0.15, -0.1) is 11.8 Å². The lowest BCUT2D eigenvalue weighted by atomic mass is 10.1. The molecule has 1 aromatic carbocycles. The molecule has 0 aliphatic rings. The van der Waals surface area contributed by atoms with Crippen LogP contribution in [0.15, 0.2) is 39.6 Å². The summed E-state index contributed by atoms with van der Waals surface area (Å²) in [5.74, 6) is 1.55. The number of carbonyl (C=O) groups is 1. The van der Waals surface area contributed by atoms with Gasteiger partial charge in [0.05, 0.1) is 6.04 Å². The van der Waals surface area contributed by atoms with Gasteiger partial charge in [0.1, 0.15) is 11.5 Å². The molecule has 3 nitrogen and oxygen atoms in total. The van der Waals surface area contributed by atoms with Crippen molar-refractivity contribution in [3.63, 3.8) is 0 Å². The second kappa shape index (κ2) is 6.18. The van der Waals surface area contributed by atoms with E-state index >= 15 is 0 Å². The molecule has 1 heterocycles. The van der Waals surface area contributed by atoms with Crippen LogP contribution in [-0.4, -0.2) is 12.2 Å². The Balaban J connectivity index is 2.15. The van der Waals surface area contributed by atoms with Crippen LogP contribution >= 0.6 is 11.8 Å². The molecule has 0 aliphatic heterocycles. The summed E-state index contributed by atoms with van der Waals surface area (Å²) in [7, 11) is 0. The predicted octanol–water partition coefficient (Wildman–Crippen LogP) is 4.11. The van der Waals surface area contributed by atoms with Crippen LogP contribution in [0.5, 0.6) is 0 Å². The minimum Gasteiger partial charge on any atom is -0.464 e. The van der Waals surface area contributed by atoms with Crippen molar-refractivity contribution in [3.05, 3.63) is 53.0 Å². The summed E-state index contributed by atoms with van der Waals surface area (Å²) in [6, 6.07) is 9.57. The van der Waals surface area contributed by atoms with Gasteiger partial charge in [0.25, 0.3) is 5.91 Å². The maximum absolute atomic E-state index is 12.4. The summed E-state index contributed by atoms with van der Waals surface area (Å²) in [5.41, 5.74) is 1.69. The lowest BCUT2D eigenvalue weighted by Crippen LogP contribution is -2.27. The standard InChI is InChI=1S/C16H19NO2S/c1-10-5-7-13(20-4)9-14(10)16(18)17-12(3)15-8-6-11(2)19-15/h5-9,12H,1-4H3,(H,17,18)/t12-/m0/s1. The van der Waals surface area contributed by atoms with E-state index in [9.17, 15) is 4.79 Å². The van der Waals surface area contributed by atoms with Gasteiger partial charge in [0.2, 0.25) is 0 Å². The quantitative estimate of drug-likeness (QED) is 0.861. The number of amides is 1. The number of hydrogen-bond donors (Lipinski definition) is 1. The third-order valence-corrected chi connectivity index (χ3v) is 3.95. The van der Waals surface area contributed by atoms with E-state index in [2.05, 4.69) is 5.32 Å². The van der Waals surface area contributed by atoms with Gasteiger partial charge < -0.3 is 9.73 Å². The molecule has 0 radical (unpaired) electrons. The average Bonchev–Trinajstić information content (AvgIpc) is 2.86. The monoisotopic (exact) mass is 289 g/mol. The second-order valence-electron chi connectivity index (χ2n) is 4.82. The molecule has 0 fully saturated rings. The largest absolute Gasteiger partial charge is 0.464 e. The van der Waals surface area contributed by atoms with Crippen LogP contribution in [0.1, 0.15) is 40.4 Å². The zero-order valence-electron chi connectivity index (χ0n) is 12.2. The van der Waals surface area contributed by atoms with E-state index in [1.807, 2.05) is 57.4 Å². The maximum atomic E-state index is 12.4. The molecule has 20 heavy (non-hydrogen) atoms. The van der Waals surface area contributed by atoms with E-state index < -0.39 is 0 Å². The fraction of sp³-hybridized carbons (Fsp3) is 0.312. The molecule has 1 atom stereocenters. The van der Waals surface area contributed by atoms with E-state index in [1.165, 1.54) is 0 Å². The third-order valence-electron chi connectivity index (χ3n) is 3.22. The van der Waals surface area contributed by atoms with Crippen LogP contribution in [0, 0.1) is 13.8 Å². The van der Waals surface area contributed by atoms with Crippen molar-refractivity contribution in [2.45, 2.75) is 31.7 Å². The molecule has 1 amide bonds. The van der Waals surface area contributed by atoms with Gasteiger partial charge in [-0.1, -0.05) is 6.07 Å². The number of hydrogen-bond acceptors (Lipinski definition) is 3. The summed E-state index contributed by atoms with van der Waals surface area (Å²) in [5, 5.41) is 2.98. The van der Waals surface area contributed by atoms with E-state index in [4.69, 9.17) is 4.42 Å². The number of nitrogens with one attached hydrogen (secondary N) is 1. The van der Waals surface area contributed by atoms with Gasteiger partial charge >= 0.3 is 0 Å². The zero-order valence-corrected chi connectivity index (χ0v) is 13.0. The summed E-state index contributed by atoms with van der Waals surface area (Å²) in [4.78, 5) is 13.4. The summed E-state index contributed by atoms with van der Waals surface area (Å²) >= 11 is 1.63. The Hall–Kier alpha value is -1.68. The van der Waals surface area contributed by atoms with Crippen LogP contribution in [0.25, 0.3) is 0 Å². The van der Waals surface area contributed by atoms with Crippen molar-refractivity contribution in [2.75, 3.05) is 6.26 Å². The molecular formula is C16H19NO2S. The van der Waals surface area contributed by atoms with Gasteiger partial charge in [0, 0.05) is 10.5 Å². The molecule has 1 N–H and O–H groups in total. The molecule has 0 saturated carbocycles. The van der Waals surface area contributed by atoms with Crippen LogP contribution in [-0.2, 0) is 0 Å². The number of thioether (sulfide) groups is 1. The lowest BCUT2D eigenvalue weighted by Gasteiger charge is -2.13. The molecule has 0 bridgehead atoms. The van der Waals surface area contributed by atoms with Gasteiger partial charge in [-0.25, -0.2) is 0 Å². The molecule has 0 saturated heterocycles. The van der Waals surface area contributed by atoms with Crippen molar-refractivity contribution < 1.29 is 9.21 Å². The van der Waals surface area contributed by atoms with Gasteiger partial charge in [-0.3, -0.25) is 4.79 Å². The van der Waals surface area contributed by atoms with Crippen molar-refractivity contribution in [1.29, 1.82) is 0 Å². The van der Waals surface area contributed by atoms with Gasteiger partial charge in [-0.05, 0) is 56.9 Å². The highest BCUT2D eigenvalue weighted by molar-refractivity contribution is 7.98. The van der Waals surface area contributed by atoms with Crippen molar-refractivity contribution in [3.8, 4) is 0 Å². The minimum atomic E-state index is -0.145. The van der Waals surface area contributed by atoms with E-state index in [-0.39, 0.29) is 11.9 Å². The second-order valence-corrected chi connectivity index (χ2v) is 5.70. The first-order valence-electron chi connectivity index (χ1n) is 6.53. The summed E-state index contributed by atoms with van der Waals surface area (Å²) < 4.78 is 5.54. The van der Waals surface area contributed by atoms with E-state index in [1.54, 1.807) is 11.8 Å². The molecule has 2 aromatic rings. The highest BCUT2D eigenvalue weighted by atomic mass is 32.2. The first-order valence-corrected chi connectivity index (χ1v) is 7.75. The summed E-state index contributed by atoms with van der Waals surface area (Å²) in [6.45, 7) is 5.76. The predicted molar refractivity (Wildman–Crippen MR) is 82.3 cm³/mol. The molecule has 0 aliphatic carbocycles. The first-order chi connectivity index (χ1) is 9.51. The van der Waals surface area contributed by atoms with Crippen LogP contribution < -0.4 is 5.32 Å². The van der Waals surface area contributed by atoms with Gasteiger partial charge in [-0.2, -0.15) is 0 Å². The first kappa shape index (κ1) is 14.7. The molecular weight excluding hydrogens is 270 g/mol. The average molecular weight is 289 g/mol. The summed E-state index contributed by atoms with van der Waals surface area (Å²) in [6.07, 6.45) is 2.00. The Morgan fingerprint density at radius 2 is 2.00 bits per heavy atom. The number of furan rings is 1.